The van der Waals surface area contributed by atoms with Crippen LogP contribution >= 0.6 is 0 Å². The molecule has 0 saturated carbocycles. The number of aromatic nitrogens is 2. The number of nitrogens with two attached hydrogens (primary N) is 1. The zero-order chi connectivity index (χ0) is 20.0. The fourth-order valence-electron chi connectivity index (χ4n) is 4.03. The predicted octanol–water partition coefficient (Wildman–Crippen LogP) is 2.03. The van der Waals surface area contributed by atoms with Crippen LogP contribution in [-0.4, -0.2) is 60.5 Å². The number of nitrogens with zero attached hydrogens (tertiary/aromatic N) is 4. The fraction of sp³-hybridized carbons (Fsp3) is 0.333. The van der Waals surface area contributed by atoms with Crippen LogP contribution in [0.3, 0.4) is 0 Å². The molecule has 2 aliphatic rings. The molecule has 1 fully saturated rings. The summed E-state index contributed by atoms with van der Waals surface area (Å²) in [4.78, 5) is 21.8. The molecule has 8 nitrogen and oxygen atoms in total. The number of fused-ring (bicyclic) bond motifs is 2. The molecule has 1 amide bonds. The van der Waals surface area contributed by atoms with Crippen LogP contribution in [0.5, 0.6) is 11.5 Å². The zero-order valence-electron chi connectivity index (χ0n) is 16.3. The molecule has 1 aromatic heterocycles. The highest BCUT2D eigenvalue weighted by atomic mass is 16.7. The average molecular weight is 393 g/mol. The van der Waals surface area contributed by atoms with Crippen LogP contribution < -0.4 is 20.1 Å². The lowest BCUT2D eigenvalue weighted by molar-refractivity contribution is 0.174. The number of benzene rings is 2. The molecule has 5 rings (SSSR count). The minimum atomic E-state index is -0.529. The van der Waals surface area contributed by atoms with Gasteiger partial charge in [-0.05, 0) is 36.9 Å². The van der Waals surface area contributed by atoms with Gasteiger partial charge >= 0.3 is 6.03 Å². The van der Waals surface area contributed by atoms with E-state index in [1.807, 2.05) is 30.3 Å². The molecule has 0 atom stereocenters. The van der Waals surface area contributed by atoms with E-state index >= 15 is 0 Å². The minimum absolute atomic E-state index is 0.229. The lowest BCUT2D eigenvalue weighted by Crippen LogP contribution is -2.44. The molecule has 2 aromatic carbocycles. The SMILES string of the molecule is CN1CCN(c2cccc3c2nc(Cc2ccc4c(c2)OCO4)n3C(N)=O)CC1. The number of primary amides is 1. The van der Waals surface area contributed by atoms with Gasteiger partial charge in [0.15, 0.2) is 11.5 Å². The second-order valence-electron chi connectivity index (χ2n) is 7.50. The number of carbonyl (C=O) groups excluding carboxylic acids is 1. The van der Waals surface area contributed by atoms with Gasteiger partial charge in [-0.25, -0.2) is 14.3 Å². The van der Waals surface area contributed by atoms with Gasteiger partial charge in [-0.15, -0.1) is 0 Å². The van der Waals surface area contributed by atoms with E-state index < -0.39 is 6.03 Å². The highest BCUT2D eigenvalue weighted by molar-refractivity contribution is 5.96. The first kappa shape index (κ1) is 17.8. The van der Waals surface area contributed by atoms with Gasteiger partial charge in [-0.2, -0.15) is 0 Å². The van der Waals surface area contributed by atoms with Crippen molar-refractivity contribution in [3.63, 3.8) is 0 Å². The third-order valence-corrected chi connectivity index (χ3v) is 5.60. The molecular weight excluding hydrogens is 370 g/mol. The normalized spacial score (nSPS) is 16.5. The molecule has 1 saturated heterocycles. The summed E-state index contributed by atoms with van der Waals surface area (Å²) in [6.45, 7) is 4.08. The summed E-state index contributed by atoms with van der Waals surface area (Å²) in [5, 5.41) is 0. The van der Waals surface area contributed by atoms with E-state index in [1.54, 1.807) is 0 Å². The molecule has 2 aliphatic heterocycles. The van der Waals surface area contributed by atoms with Crippen molar-refractivity contribution in [1.82, 2.24) is 14.5 Å². The Hall–Kier alpha value is -3.26. The van der Waals surface area contributed by atoms with Crippen LogP contribution in [0.25, 0.3) is 11.0 Å². The summed E-state index contributed by atoms with van der Waals surface area (Å²) in [6.07, 6.45) is 0.469. The van der Waals surface area contributed by atoms with Crippen molar-refractivity contribution < 1.29 is 14.3 Å². The number of hydrogen-bond donors (Lipinski definition) is 1. The number of anilines is 1. The molecule has 0 unspecified atom stereocenters. The topological polar surface area (TPSA) is 85.8 Å². The monoisotopic (exact) mass is 393 g/mol. The number of carbonyl (C=O) groups is 1. The number of ether oxygens (including phenoxy) is 2. The van der Waals surface area contributed by atoms with E-state index in [4.69, 9.17) is 20.2 Å². The molecule has 0 bridgehead atoms. The number of para-hydroxylation sites is 1. The summed E-state index contributed by atoms with van der Waals surface area (Å²) in [6, 6.07) is 11.2. The van der Waals surface area contributed by atoms with Crippen LogP contribution in [-0.2, 0) is 6.42 Å². The molecular formula is C21H23N5O3. The first-order valence-corrected chi connectivity index (χ1v) is 9.72. The third kappa shape index (κ3) is 3.15. The van der Waals surface area contributed by atoms with Gasteiger partial charge in [0.05, 0.1) is 11.2 Å². The van der Waals surface area contributed by atoms with Gasteiger partial charge < -0.3 is 25.0 Å². The van der Waals surface area contributed by atoms with Gasteiger partial charge in [-0.3, -0.25) is 0 Å². The molecule has 3 heterocycles. The van der Waals surface area contributed by atoms with E-state index in [9.17, 15) is 4.79 Å². The van der Waals surface area contributed by atoms with Crippen LogP contribution in [0.2, 0.25) is 0 Å². The number of imidazole rings is 1. The van der Waals surface area contributed by atoms with Crippen molar-refractivity contribution in [3.8, 4) is 11.5 Å². The van der Waals surface area contributed by atoms with Gasteiger partial charge in [0.1, 0.15) is 11.3 Å². The second-order valence-corrected chi connectivity index (χ2v) is 7.50. The van der Waals surface area contributed by atoms with Gasteiger partial charge in [0, 0.05) is 32.6 Å². The largest absolute Gasteiger partial charge is 0.454 e. The van der Waals surface area contributed by atoms with Gasteiger partial charge in [-0.1, -0.05) is 12.1 Å². The molecule has 0 spiro atoms. The van der Waals surface area contributed by atoms with Crippen molar-refractivity contribution in [3.05, 3.63) is 47.8 Å². The zero-order valence-corrected chi connectivity index (χ0v) is 16.3. The third-order valence-electron chi connectivity index (χ3n) is 5.60. The van der Waals surface area contributed by atoms with Crippen molar-refractivity contribution >= 4 is 22.8 Å². The second kappa shape index (κ2) is 6.97. The maximum Gasteiger partial charge on any atom is 0.324 e. The molecule has 29 heavy (non-hydrogen) atoms. The lowest BCUT2D eigenvalue weighted by atomic mass is 10.1. The average Bonchev–Trinajstić information content (AvgIpc) is 3.32. The Balaban J connectivity index is 1.55. The Kier molecular flexibility index (Phi) is 4.28. The van der Waals surface area contributed by atoms with Crippen LogP contribution in [0.15, 0.2) is 36.4 Å². The highest BCUT2D eigenvalue weighted by Crippen LogP contribution is 2.34. The smallest absolute Gasteiger partial charge is 0.324 e. The van der Waals surface area contributed by atoms with Gasteiger partial charge in [0.25, 0.3) is 0 Å². The molecule has 3 aromatic rings. The van der Waals surface area contributed by atoms with Crippen molar-refractivity contribution in [2.75, 3.05) is 44.9 Å². The van der Waals surface area contributed by atoms with E-state index in [0.717, 1.165) is 54.2 Å². The van der Waals surface area contributed by atoms with E-state index in [2.05, 4.69) is 22.9 Å². The Bertz CT molecular complexity index is 1090. The van der Waals surface area contributed by atoms with Crippen LogP contribution in [0.4, 0.5) is 10.5 Å². The van der Waals surface area contributed by atoms with E-state index in [1.165, 1.54) is 4.57 Å². The summed E-state index contributed by atoms with van der Waals surface area (Å²) in [5.74, 6) is 2.06. The predicted molar refractivity (Wildman–Crippen MR) is 110 cm³/mol. The summed E-state index contributed by atoms with van der Waals surface area (Å²) < 4.78 is 12.4. The molecule has 0 aliphatic carbocycles. The maximum atomic E-state index is 12.3. The Morgan fingerprint density at radius 3 is 2.69 bits per heavy atom. The standard InChI is InChI=1S/C21H23N5O3/c1-24-7-9-25(10-8-24)15-3-2-4-16-20(15)23-19(26(16)21(22)27)12-14-5-6-17-18(11-14)29-13-28-17/h2-6,11H,7-10,12-13H2,1H3,(H2,22,27). The summed E-state index contributed by atoms with van der Waals surface area (Å²) in [7, 11) is 2.13. The van der Waals surface area contributed by atoms with Crippen molar-refractivity contribution in [1.29, 1.82) is 0 Å². The molecule has 2 N–H and O–H groups in total. The molecule has 0 radical (unpaired) electrons. The number of rotatable bonds is 3. The number of likely N-dealkylation sites (N-methyl/N-ethyl adjacent to an activating group) is 1. The van der Waals surface area contributed by atoms with E-state index in [-0.39, 0.29) is 6.79 Å². The van der Waals surface area contributed by atoms with Crippen LogP contribution in [0, 0.1) is 0 Å². The molecule has 150 valence electrons. The number of hydrogen-bond acceptors (Lipinski definition) is 6. The quantitative estimate of drug-likeness (QED) is 0.733. The Morgan fingerprint density at radius 2 is 1.90 bits per heavy atom. The Labute approximate surface area is 168 Å². The van der Waals surface area contributed by atoms with Crippen molar-refractivity contribution in [2.24, 2.45) is 5.73 Å². The van der Waals surface area contributed by atoms with Gasteiger partial charge in [0.2, 0.25) is 6.79 Å². The summed E-state index contributed by atoms with van der Waals surface area (Å²) >= 11 is 0. The first-order chi connectivity index (χ1) is 14.1. The number of amides is 1. The van der Waals surface area contributed by atoms with Crippen LogP contribution in [0.1, 0.15) is 11.4 Å². The first-order valence-electron chi connectivity index (χ1n) is 9.72. The maximum absolute atomic E-state index is 12.3. The van der Waals surface area contributed by atoms with E-state index in [0.29, 0.717) is 18.0 Å². The molecule has 8 heteroatoms. The summed E-state index contributed by atoms with van der Waals surface area (Å²) in [5.41, 5.74) is 9.31. The number of piperazine rings is 1. The lowest BCUT2D eigenvalue weighted by Gasteiger charge is -2.34. The minimum Gasteiger partial charge on any atom is -0.454 e. The van der Waals surface area contributed by atoms with Crippen molar-refractivity contribution in [2.45, 2.75) is 6.42 Å². The Morgan fingerprint density at radius 1 is 1.10 bits per heavy atom. The highest BCUT2D eigenvalue weighted by Gasteiger charge is 2.22. The fourth-order valence-corrected chi connectivity index (χ4v) is 4.03.